The summed E-state index contributed by atoms with van der Waals surface area (Å²) in [6.07, 6.45) is 10.1. The molecule has 0 aromatic heterocycles. The van der Waals surface area contributed by atoms with Crippen molar-refractivity contribution in [3.8, 4) is 0 Å². The number of rotatable bonds is 4. The van der Waals surface area contributed by atoms with E-state index in [1.165, 1.54) is 50.7 Å². The molecular weight excluding hydrogens is 761 g/mol. The molecule has 0 unspecified atom stereocenters. The van der Waals surface area contributed by atoms with Gasteiger partial charge >= 0.3 is 7.05 Å². The molecule has 2 aliphatic carbocycles. The number of carbonyl (C=O) groups excluding carboxylic acids is 1. The van der Waals surface area contributed by atoms with Crippen LogP contribution in [0, 0.1) is 0 Å². The van der Waals surface area contributed by atoms with Gasteiger partial charge in [-0.1, -0.05) is 126 Å². The number of hydrogen-bond donors (Lipinski definition) is 1. The Balaban J connectivity index is 0.000000150. The van der Waals surface area contributed by atoms with E-state index in [9.17, 15) is 9.90 Å². The Labute approximate surface area is 323 Å². The number of Topliss-reactive ketones (excluding diaryl/α,β-unsaturated/α-hetero) is 1. The number of aliphatic hydroxyl groups is 1. The lowest BCUT2D eigenvalue weighted by Crippen LogP contribution is -2.41. The number of nitrogens with zero attached hydrogens (tertiary/aromatic N) is 1. The largest absolute Gasteiger partial charge is 0.406 e. The van der Waals surface area contributed by atoms with Gasteiger partial charge in [0.2, 0.25) is 0 Å². The van der Waals surface area contributed by atoms with Crippen LogP contribution >= 0.6 is 31.9 Å². The zero-order valence-corrected chi connectivity index (χ0v) is 34.2. The number of fused-ring (bicyclic) bond motifs is 3. The number of halogens is 2. The molecule has 2 fully saturated rings. The van der Waals surface area contributed by atoms with E-state index in [0.717, 1.165) is 67.1 Å². The molecule has 4 aromatic carbocycles. The highest BCUT2D eigenvalue weighted by molar-refractivity contribution is 9.10. The van der Waals surface area contributed by atoms with Crippen LogP contribution in [0.25, 0.3) is 0 Å². The van der Waals surface area contributed by atoms with Crippen LogP contribution in [0.5, 0.6) is 0 Å². The summed E-state index contributed by atoms with van der Waals surface area (Å²) in [5, 5.41) is 9.88. The lowest BCUT2D eigenvalue weighted by atomic mass is 9.79. The third-order valence-corrected chi connectivity index (χ3v) is 12.2. The molecule has 2 saturated heterocycles. The summed E-state index contributed by atoms with van der Waals surface area (Å²) in [6, 6.07) is 30.4. The van der Waals surface area contributed by atoms with Crippen LogP contribution in [-0.2, 0) is 35.9 Å². The van der Waals surface area contributed by atoms with Crippen LogP contribution in [0.1, 0.15) is 122 Å². The predicted octanol–water partition coefficient (Wildman–Crippen LogP) is 11.5. The molecule has 0 spiro atoms. The summed E-state index contributed by atoms with van der Waals surface area (Å²) in [5.74, 6) is 0.308. The van der Waals surface area contributed by atoms with Crippen LogP contribution < -0.4 is 0 Å². The molecule has 0 saturated carbocycles. The van der Waals surface area contributed by atoms with E-state index < -0.39 is 0 Å². The van der Waals surface area contributed by atoms with Gasteiger partial charge < -0.3 is 14.6 Å². The fourth-order valence-electron chi connectivity index (χ4n) is 8.20. The van der Waals surface area contributed by atoms with Crippen molar-refractivity contribution in [2.24, 2.45) is 0 Å². The fourth-order valence-corrected chi connectivity index (χ4v) is 9.63. The average Bonchev–Trinajstić information content (AvgIpc) is 3.77. The first-order valence-electron chi connectivity index (χ1n) is 19.1. The van der Waals surface area contributed by atoms with Crippen molar-refractivity contribution in [1.82, 2.24) is 4.81 Å². The summed E-state index contributed by atoms with van der Waals surface area (Å²) < 4.78 is 8.90. The molecule has 2 aliphatic heterocycles. The molecule has 7 heteroatoms. The topological polar surface area (TPSA) is 49.8 Å². The van der Waals surface area contributed by atoms with E-state index in [0.29, 0.717) is 18.2 Å². The summed E-state index contributed by atoms with van der Waals surface area (Å²) in [4.78, 5) is 14.2. The van der Waals surface area contributed by atoms with Gasteiger partial charge in [-0.05, 0) is 128 Å². The highest BCUT2D eigenvalue weighted by Gasteiger charge is 2.56. The normalized spacial score (nSPS) is 20.0. The minimum absolute atomic E-state index is 0.179. The Kier molecular flexibility index (Phi) is 14.4. The highest BCUT2D eigenvalue weighted by Crippen LogP contribution is 2.48. The van der Waals surface area contributed by atoms with Gasteiger partial charge in [-0.15, -0.1) is 0 Å². The molecule has 4 nitrogen and oxygen atoms in total. The Bertz CT molecular complexity index is 1710. The van der Waals surface area contributed by atoms with Crippen molar-refractivity contribution in [1.29, 1.82) is 0 Å². The second kappa shape index (κ2) is 18.5. The highest BCUT2D eigenvalue weighted by atomic mass is 79.9. The van der Waals surface area contributed by atoms with E-state index in [4.69, 9.17) is 4.65 Å². The molecule has 4 aromatic rings. The standard InChI is InChI=1S/C18H20BNO.C12H15BrO.C12H13BrO.C2H6/c1-19-20-14-8-13-17(20)18(21-19,15-9-4-2-5-10-15)16-11-6-3-7-12-16;2*1-2-8-6-10-9(11(13)7-8)4-3-5-12(10)14;1-2/h2-7,9-12,17H,8,13-14H2,1H3;6-7,12,14H,2-5H2,1H3;6-7H,2-5H2,1H3;1-2H3/t17-;12-;;/m01../s1. The van der Waals surface area contributed by atoms with E-state index in [1.54, 1.807) is 0 Å². The minimum Gasteiger partial charge on any atom is -0.406 e. The first-order valence-corrected chi connectivity index (χ1v) is 20.7. The van der Waals surface area contributed by atoms with Crippen LogP contribution in [0.3, 0.4) is 0 Å². The van der Waals surface area contributed by atoms with Gasteiger partial charge in [-0.25, -0.2) is 0 Å². The Morgan fingerprint density at radius 2 is 1.35 bits per heavy atom. The quantitative estimate of drug-likeness (QED) is 0.209. The van der Waals surface area contributed by atoms with Gasteiger partial charge in [0.15, 0.2) is 5.78 Å². The molecule has 0 amide bonds. The van der Waals surface area contributed by atoms with Crippen molar-refractivity contribution < 1.29 is 14.6 Å². The third-order valence-electron chi connectivity index (χ3n) is 10.7. The number of carbonyl (C=O) groups is 1. The second-order valence-electron chi connectivity index (χ2n) is 13.7. The average molecular weight is 816 g/mol. The first kappa shape index (κ1) is 39.7. The van der Waals surface area contributed by atoms with Gasteiger partial charge in [0, 0.05) is 27.0 Å². The summed E-state index contributed by atoms with van der Waals surface area (Å²) in [5.41, 5.74) is 9.38. The lowest BCUT2D eigenvalue weighted by molar-refractivity contribution is 0.0972. The van der Waals surface area contributed by atoms with Crippen LogP contribution in [0.15, 0.2) is 93.9 Å². The van der Waals surface area contributed by atoms with E-state index >= 15 is 0 Å². The van der Waals surface area contributed by atoms with Crippen LogP contribution in [0.4, 0.5) is 0 Å². The predicted molar refractivity (Wildman–Crippen MR) is 220 cm³/mol. The van der Waals surface area contributed by atoms with Crippen molar-refractivity contribution in [3.05, 3.63) is 138 Å². The lowest BCUT2D eigenvalue weighted by Gasteiger charge is -2.36. The summed E-state index contributed by atoms with van der Waals surface area (Å²) >= 11 is 7.14. The maximum Gasteiger partial charge on any atom is 0.380 e. The Morgan fingerprint density at radius 3 is 1.96 bits per heavy atom. The molecule has 0 bridgehead atoms. The maximum atomic E-state index is 11.7. The van der Waals surface area contributed by atoms with Gasteiger partial charge in [0.1, 0.15) is 5.60 Å². The Morgan fingerprint density at radius 1 is 0.784 bits per heavy atom. The number of hydrogen-bond acceptors (Lipinski definition) is 4. The summed E-state index contributed by atoms with van der Waals surface area (Å²) in [6.45, 7) is 11.6. The monoisotopic (exact) mass is 813 g/mol. The molecule has 8 rings (SSSR count). The molecule has 51 heavy (non-hydrogen) atoms. The number of ketones is 1. The van der Waals surface area contributed by atoms with Crippen molar-refractivity contribution in [2.45, 2.75) is 116 Å². The maximum absolute atomic E-state index is 11.7. The van der Waals surface area contributed by atoms with Gasteiger partial charge in [-0.3, -0.25) is 4.79 Å². The van der Waals surface area contributed by atoms with Crippen molar-refractivity contribution in [3.63, 3.8) is 0 Å². The summed E-state index contributed by atoms with van der Waals surface area (Å²) in [7, 11) is 0.179. The molecule has 2 heterocycles. The molecule has 270 valence electrons. The van der Waals surface area contributed by atoms with Crippen molar-refractivity contribution >= 4 is 44.7 Å². The molecule has 1 N–H and O–H groups in total. The van der Waals surface area contributed by atoms with Gasteiger partial charge in [0.25, 0.3) is 0 Å². The third kappa shape index (κ3) is 8.65. The smallest absolute Gasteiger partial charge is 0.380 e. The molecule has 2 atom stereocenters. The van der Waals surface area contributed by atoms with Crippen LogP contribution in [-0.4, -0.2) is 35.3 Å². The zero-order chi connectivity index (χ0) is 36.5. The van der Waals surface area contributed by atoms with E-state index in [2.05, 4.69) is 142 Å². The van der Waals surface area contributed by atoms with E-state index in [-0.39, 0.29) is 18.8 Å². The van der Waals surface area contributed by atoms with Gasteiger partial charge in [0.05, 0.1) is 6.10 Å². The number of aliphatic hydroxyl groups excluding tert-OH is 1. The minimum atomic E-state index is -0.321. The van der Waals surface area contributed by atoms with E-state index in [1.807, 2.05) is 13.8 Å². The number of aryl methyl sites for hydroxylation is 2. The molecule has 0 radical (unpaired) electrons. The second-order valence-corrected chi connectivity index (χ2v) is 15.4. The molecule has 4 aliphatic rings. The molecular formula is C44H54BBr2NO3. The zero-order valence-electron chi connectivity index (χ0n) is 31.1. The van der Waals surface area contributed by atoms with Gasteiger partial charge in [-0.2, -0.15) is 0 Å². The SMILES string of the molecule is CB1OC(c2ccccc2)(c2ccccc2)[C@@H]2CCCN12.CC.CCc1cc(Br)c2c(c1)C(=O)CCC2.CCc1cc(Br)c2c(c1)[C@H](O)CCC2. The first-order chi connectivity index (χ1) is 24.8. The fraction of sp³-hybridized carbons (Fsp3) is 0.432. The van der Waals surface area contributed by atoms with Crippen molar-refractivity contribution in [2.75, 3.05) is 6.54 Å². The Hall–Kier alpha value is -2.55. The van der Waals surface area contributed by atoms with Crippen LogP contribution in [0.2, 0.25) is 6.82 Å². The number of benzene rings is 4.